The zero-order chi connectivity index (χ0) is 9.14. The summed E-state index contributed by atoms with van der Waals surface area (Å²) in [6.07, 6.45) is 1.89. The SMILES string of the molecule is CSC(C)c1n[nH]nc1C(=O)O. The Labute approximate surface area is 73.6 Å². The highest BCUT2D eigenvalue weighted by Crippen LogP contribution is 2.25. The fourth-order valence-electron chi connectivity index (χ4n) is 0.792. The second-order valence-electron chi connectivity index (χ2n) is 2.24. The molecular formula is C6H9N3O2S. The Hall–Kier alpha value is -1.04. The standard InChI is InChI=1S/C6H9N3O2S/c1-3(12-2)4-5(6(10)11)8-9-7-4/h3H,1-2H3,(H,10,11)(H,7,8,9). The molecule has 1 atom stereocenters. The molecule has 0 spiro atoms. The molecule has 0 aliphatic heterocycles. The van der Waals surface area contributed by atoms with Crippen LogP contribution < -0.4 is 0 Å². The normalized spacial score (nSPS) is 12.8. The van der Waals surface area contributed by atoms with E-state index in [2.05, 4.69) is 15.4 Å². The average Bonchev–Trinajstić information content (AvgIpc) is 2.50. The van der Waals surface area contributed by atoms with Gasteiger partial charge >= 0.3 is 5.97 Å². The minimum Gasteiger partial charge on any atom is -0.476 e. The molecule has 1 heterocycles. The quantitative estimate of drug-likeness (QED) is 0.735. The van der Waals surface area contributed by atoms with Gasteiger partial charge in [-0.05, 0) is 13.2 Å². The number of carboxylic acid groups (broad SMARTS) is 1. The molecule has 0 saturated carbocycles. The second kappa shape index (κ2) is 3.57. The van der Waals surface area contributed by atoms with Crippen LogP contribution in [0.3, 0.4) is 0 Å². The highest BCUT2D eigenvalue weighted by molar-refractivity contribution is 7.98. The van der Waals surface area contributed by atoms with Crippen molar-refractivity contribution in [2.24, 2.45) is 0 Å². The highest BCUT2D eigenvalue weighted by Gasteiger charge is 2.19. The summed E-state index contributed by atoms with van der Waals surface area (Å²) < 4.78 is 0. The molecule has 1 rings (SSSR count). The molecule has 1 aromatic rings. The Bertz CT molecular complexity index is 286. The molecule has 1 unspecified atom stereocenters. The zero-order valence-electron chi connectivity index (χ0n) is 6.74. The van der Waals surface area contributed by atoms with Crippen molar-refractivity contribution < 1.29 is 9.90 Å². The third-order valence-corrected chi connectivity index (χ3v) is 2.45. The van der Waals surface area contributed by atoms with Gasteiger partial charge in [0.2, 0.25) is 0 Å². The second-order valence-corrected chi connectivity index (χ2v) is 3.42. The van der Waals surface area contributed by atoms with Crippen molar-refractivity contribution in [1.82, 2.24) is 15.4 Å². The van der Waals surface area contributed by atoms with E-state index in [1.807, 2.05) is 13.2 Å². The summed E-state index contributed by atoms with van der Waals surface area (Å²) in [7, 11) is 0. The van der Waals surface area contributed by atoms with Crippen LogP contribution in [0.2, 0.25) is 0 Å². The molecule has 0 radical (unpaired) electrons. The van der Waals surface area contributed by atoms with Crippen LogP contribution in [0.5, 0.6) is 0 Å². The van der Waals surface area contributed by atoms with Gasteiger partial charge in [-0.2, -0.15) is 22.1 Å². The molecule has 0 saturated heterocycles. The van der Waals surface area contributed by atoms with Crippen molar-refractivity contribution >= 4 is 17.7 Å². The topological polar surface area (TPSA) is 78.9 Å². The van der Waals surface area contributed by atoms with E-state index in [0.29, 0.717) is 5.69 Å². The Balaban J connectivity index is 2.98. The zero-order valence-corrected chi connectivity index (χ0v) is 7.55. The molecule has 2 N–H and O–H groups in total. The number of aromatic carboxylic acids is 1. The summed E-state index contributed by atoms with van der Waals surface area (Å²) in [6.45, 7) is 1.88. The van der Waals surface area contributed by atoms with Crippen LogP contribution in [0.15, 0.2) is 0 Å². The number of H-pyrrole nitrogens is 1. The molecule has 66 valence electrons. The maximum absolute atomic E-state index is 10.6. The van der Waals surface area contributed by atoms with Crippen molar-refractivity contribution in [1.29, 1.82) is 0 Å². The first kappa shape index (κ1) is 9.05. The summed E-state index contributed by atoms with van der Waals surface area (Å²) in [5, 5.41) is 18.3. The van der Waals surface area contributed by atoms with Gasteiger partial charge in [0.1, 0.15) is 5.69 Å². The lowest BCUT2D eigenvalue weighted by atomic mass is 10.2. The van der Waals surface area contributed by atoms with Gasteiger partial charge in [0, 0.05) is 5.25 Å². The summed E-state index contributed by atoms with van der Waals surface area (Å²) >= 11 is 1.53. The Kier molecular flexibility index (Phi) is 2.69. The lowest BCUT2D eigenvalue weighted by Crippen LogP contribution is -2.03. The summed E-state index contributed by atoms with van der Waals surface area (Å²) in [6, 6.07) is 0. The van der Waals surface area contributed by atoms with E-state index in [1.54, 1.807) is 0 Å². The van der Waals surface area contributed by atoms with Gasteiger partial charge in [-0.25, -0.2) is 4.79 Å². The number of thioether (sulfide) groups is 1. The lowest BCUT2D eigenvalue weighted by Gasteiger charge is -2.02. The summed E-state index contributed by atoms with van der Waals surface area (Å²) in [5.74, 6) is -1.04. The van der Waals surface area contributed by atoms with Crippen molar-refractivity contribution in [2.45, 2.75) is 12.2 Å². The van der Waals surface area contributed by atoms with E-state index in [0.717, 1.165) is 0 Å². The van der Waals surface area contributed by atoms with Crippen LogP contribution in [-0.4, -0.2) is 32.7 Å². The highest BCUT2D eigenvalue weighted by atomic mass is 32.2. The number of aromatic amines is 1. The number of hydrogen-bond donors (Lipinski definition) is 2. The third-order valence-electron chi connectivity index (χ3n) is 1.52. The van der Waals surface area contributed by atoms with Crippen molar-refractivity contribution in [3.05, 3.63) is 11.4 Å². The first-order valence-corrected chi connectivity index (χ1v) is 4.62. The fourth-order valence-corrected chi connectivity index (χ4v) is 1.18. The Morgan fingerprint density at radius 2 is 2.33 bits per heavy atom. The van der Waals surface area contributed by atoms with Gasteiger partial charge in [0.25, 0.3) is 0 Å². The van der Waals surface area contributed by atoms with Crippen LogP contribution >= 0.6 is 11.8 Å². The predicted molar refractivity (Wildman–Crippen MR) is 45.3 cm³/mol. The van der Waals surface area contributed by atoms with Gasteiger partial charge in [0.05, 0.1) is 0 Å². The van der Waals surface area contributed by atoms with Crippen LogP contribution in [-0.2, 0) is 0 Å². The molecule has 0 aliphatic carbocycles. The first-order chi connectivity index (χ1) is 5.66. The number of rotatable bonds is 3. The molecule has 5 nitrogen and oxygen atoms in total. The summed E-state index contributed by atoms with van der Waals surface area (Å²) in [4.78, 5) is 10.6. The third kappa shape index (κ3) is 1.58. The number of nitrogens with zero attached hydrogens (tertiary/aromatic N) is 2. The van der Waals surface area contributed by atoms with Gasteiger partial charge in [-0.3, -0.25) is 0 Å². The predicted octanol–water partition coefficient (Wildman–Crippen LogP) is 0.927. The van der Waals surface area contributed by atoms with E-state index in [-0.39, 0.29) is 10.9 Å². The average molecular weight is 187 g/mol. The number of carboxylic acids is 1. The first-order valence-electron chi connectivity index (χ1n) is 3.33. The maximum Gasteiger partial charge on any atom is 0.358 e. The van der Waals surface area contributed by atoms with Crippen molar-refractivity contribution in [2.75, 3.05) is 6.26 Å². The number of carbonyl (C=O) groups is 1. The smallest absolute Gasteiger partial charge is 0.358 e. The molecule has 1 aromatic heterocycles. The van der Waals surface area contributed by atoms with Crippen LogP contribution in [0.1, 0.15) is 28.4 Å². The van der Waals surface area contributed by atoms with E-state index in [9.17, 15) is 4.79 Å². The van der Waals surface area contributed by atoms with Crippen molar-refractivity contribution in [3.63, 3.8) is 0 Å². The van der Waals surface area contributed by atoms with Gasteiger partial charge < -0.3 is 5.11 Å². The molecule has 0 fully saturated rings. The molecule has 0 aliphatic rings. The Morgan fingerprint density at radius 3 is 2.83 bits per heavy atom. The molecule has 0 bridgehead atoms. The molecular weight excluding hydrogens is 178 g/mol. The monoisotopic (exact) mass is 187 g/mol. The van der Waals surface area contributed by atoms with Crippen LogP contribution in [0, 0.1) is 0 Å². The number of hydrogen-bond acceptors (Lipinski definition) is 4. The number of nitrogens with one attached hydrogen (secondary N) is 1. The largest absolute Gasteiger partial charge is 0.476 e. The van der Waals surface area contributed by atoms with Crippen LogP contribution in [0.4, 0.5) is 0 Å². The van der Waals surface area contributed by atoms with E-state index >= 15 is 0 Å². The molecule has 6 heteroatoms. The number of aromatic nitrogens is 3. The van der Waals surface area contributed by atoms with Crippen LogP contribution in [0.25, 0.3) is 0 Å². The molecule has 0 aromatic carbocycles. The minimum absolute atomic E-state index is 0.0110. The minimum atomic E-state index is -1.04. The van der Waals surface area contributed by atoms with Gasteiger partial charge in [0.15, 0.2) is 5.69 Å². The maximum atomic E-state index is 10.6. The molecule has 0 amide bonds. The molecule has 12 heavy (non-hydrogen) atoms. The van der Waals surface area contributed by atoms with Crippen molar-refractivity contribution in [3.8, 4) is 0 Å². The van der Waals surface area contributed by atoms with E-state index < -0.39 is 5.97 Å². The lowest BCUT2D eigenvalue weighted by molar-refractivity contribution is 0.0689. The fraction of sp³-hybridized carbons (Fsp3) is 0.500. The van der Waals surface area contributed by atoms with E-state index in [1.165, 1.54) is 11.8 Å². The summed E-state index contributed by atoms with van der Waals surface area (Å²) in [5.41, 5.74) is 0.506. The van der Waals surface area contributed by atoms with E-state index in [4.69, 9.17) is 5.11 Å². The van der Waals surface area contributed by atoms with Gasteiger partial charge in [-0.1, -0.05) is 0 Å². The van der Waals surface area contributed by atoms with Gasteiger partial charge in [-0.15, -0.1) is 5.10 Å². The Morgan fingerprint density at radius 1 is 1.67 bits per heavy atom.